The van der Waals surface area contributed by atoms with Crippen molar-refractivity contribution >= 4 is 12.4 Å². The van der Waals surface area contributed by atoms with Gasteiger partial charge in [0.25, 0.3) is 0 Å². The molecule has 0 aromatic heterocycles. The largest absolute Gasteiger partial charge is 0.507 e. The van der Waals surface area contributed by atoms with Gasteiger partial charge in [0.15, 0.2) is 0 Å². The molecule has 0 heterocycles. The first-order valence-corrected chi connectivity index (χ1v) is 5.60. The molecule has 6 nitrogen and oxygen atoms in total. The average molecular weight is 333 g/mol. The van der Waals surface area contributed by atoms with Crippen molar-refractivity contribution in [2.45, 2.75) is 0 Å². The summed E-state index contributed by atoms with van der Waals surface area (Å²) in [5.74, 6) is 0.223. The molecule has 0 aliphatic rings. The second-order valence-electron chi connectivity index (χ2n) is 3.61. The maximum Gasteiger partial charge on any atom is 0.124 e. The Balaban J connectivity index is 0.000000364. The van der Waals surface area contributed by atoms with Crippen LogP contribution in [0, 0.1) is 0 Å². The molecule has 2 aromatic carbocycles. The molecule has 0 amide bonds. The summed E-state index contributed by atoms with van der Waals surface area (Å²) in [7, 11) is 0. The van der Waals surface area contributed by atoms with Crippen molar-refractivity contribution in [1.82, 2.24) is 0 Å². The van der Waals surface area contributed by atoms with E-state index in [2.05, 4.69) is 10.3 Å². The average Bonchev–Trinajstić information content (AvgIpc) is 2.45. The molecule has 0 unspecified atom stereocenters. The Hall–Kier alpha value is -2.53. The molecule has 0 radical (unpaired) electrons. The third kappa shape index (κ3) is 6.45. The van der Waals surface area contributed by atoms with Gasteiger partial charge in [0.05, 0.1) is 12.4 Å². The maximum atomic E-state index is 9.04. The standard InChI is InChI=1S/2C7H7NO2.Ni/c2*9-7-4-2-1-3-6(7)5-8-10;/h2*1-5,9-10H;/b2*8-5-;. The Morgan fingerprint density at radius 3 is 1.29 bits per heavy atom. The Bertz CT molecular complexity index is 550. The summed E-state index contributed by atoms with van der Waals surface area (Å²) in [5, 5.41) is 39.8. The molecular formula is C14H14N2NiO4. The van der Waals surface area contributed by atoms with Gasteiger partial charge in [-0.1, -0.05) is 34.6 Å². The predicted molar refractivity (Wildman–Crippen MR) is 75.0 cm³/mol. The minimum absolute atomic E-state index is 0. The molecule has 0 aliphatic heterocycles. The summed E-state index contributed by atoms with van der Waals surface area (Å²) in [6.45, 7) is 0. The van der Waals surface area contributed by atoms with Crippen LogP contribution in [-0.2, 0) is 16.5 Å². The van der Waals surface area contributed by atoms with E-state index in [4.69, 9.17) is 20.6 Å². The Labute approximate surface area is 131 Å². The molecule has 0 spiro atoms. The van der Waals surface area contributed by atoms with Gasteiger partial charge in [-0.2, -0.15) is 0 Å². The zero-order valence-corrected chi connectivity index (χ0v) is 11.8. The summed E-state index contributed by atoms with van der Waals surface area (Å²) in [5.41, 5.74) is 1.01. The number of nitrogens with zero attached hydrogens (tertiary/aromatic N) is 2. The second kappa shape index (κ2) is 10.3. The molecule has 0 saturated carbocycles. The van der Waals surface area contributed by atoms with Gasteiger partial charge in [0.1, 0.15) is 11.5 Å². The zero-order valence-electron chi connectivity index (χ0n) is 10.8. The van der Waals surface area contributed by atoms with Crippen LogP contribution < -0.4 is 0 Å². The SMILES string of the molecule is O/N=C\c1ccccc1O.O/N=C\c1ccccc1O.[Ni]. The van der Waals surface area contributed by atoms with Crippen LogP contribution in [-0.4, -0.2) is 33.1 Å². The first-order chi connectivity index (χ1) is 9.69. The number of aromatic hydroxyl groups is 2. The van der Waals surface area contributed by atoms with Crippen LogP contribution >= 0.6 is 0 Å². The first kappa shape index (κ1) is 18.5. The molecule has 0 aliphatic carbocycles. The number of phenols is 2. The molecule has 2 rings (SSSR count). The fourth-order valence-corrected chi connectivity index (χ4v) is 1.32. The van der Waals surface area contributed by atoms with E-state index in [0.29, 0.717) is 11.1 Å². The second-order valence-corrected chi connectivity index (χ2v) is 3.61. The topological polar surface area (TPSA) is 106 Å². The summed E-state index contributed by atoms with van der Waals surface area (Å²) >= 11 is 0. The van der Waals surface area contributed by atoms with Gasteiger partial charge in [0, 0.05) is 27.6 Å². The van der Waals surface area contributed by atoms with Gasteiger partial charge in [0.2, 0.25) is 0 Å². The molecule has 0 atom stereocenters. The Kier molecular flexibility index (Phi) is 9.05. The summed E-state index contributed by atoms with van der Waals surface area (Å²) in [6.07, 6.45) is 2.35. The number of benzene rings is 2. The van der Waals surface area contributed by atoms with Crippen molar-refractivity contribution in [3.8, 4) is 11.5 Å². The van der Waals surface area contributed by atoms with E-state index in [0.717, 1.165) is 0 Å². The molecule has 21 heavy (non-hydrogen) atoms. The smallest absolute Gasteiger partial charge is 0.124 e. The Morgan fingerprint density at radius 1 is 0.667 bits per heavy atom. The van der Waals surface area contributed by atoms with E-state index in [1.54, 1.807) is 36.4 Å². The quantitative estimate of drug-likeness (QED) is 0.293. The number of hydrogen-bond donors (Lipinski definition) is 4. The van der Waals surface area contributed by atoms with Gasteiger partial charge in [-0.25, -0.2) is 0 Å². The van der Waals surface area contributed by atoms with E-state index in [-0.39, 0.29) is 28.0 Å². The van der Waals surface area contributed by atoms with Crippen LogP contribution in [0.4, 0.5) is 0 Å². The maximum absolute atomic E-state index is 9.04. The van der Waals surface area contributed by atoms with Crippen LogP contribution in [0.1, 0.15) is 11.1 Å². The first-order valence-electron chi connectivity index (χ1n) is 5.60. The molecule has 4 N–H and O–H groups in total. The molecule has 2 aromatic rings. The fourth-order valence-electron chi connectivity index (χ4n) is 1.32. The van der Waals surface area contributed by atoms with Crippen molar-refractivity contribution in [2.75, 3.05) is 0 Å². The van der Waals surface area contributed by atoms with Crippen LogP contribution in [0.15, 0.2) is 58.8 Å². The van der Waals surface area contributed by atoms with Gasteiger partial charge in [-0.3, -0.25) is 0 Å². The zero-order chi connectivity index (χ0) is 14.8. The predicted octanol–water partition coefficient (Wildman–Crippen LogP) is 2.40. The number of hydrogen-bond acceptors (Lipinski definition) is 6. The molecule has 0 bridgehead atoms. The molecule has 114 valence electrons. The van der Waals surface area contributed by atoms with Gasteiger partial charge in [-0.15, -0.1) is 0 Å². The van der Waals surface area contributed by atoms with Crippen LogP contribution in [0.5, 0.6) is 11.5 Å². The van der Waals surface area contributed by atoms with Gasteiger partial charge in [-0.05, 0) is 24.3 Å². The van der Waals surface area contributed by atoms with Crippen molar-refractivity contribution in [2.24, 2.45) is 10.3 Å². The number of phenolic OH excluding ortho intramolecular Hbond substituents is 2. The van der Waals surface area contributed by atoms with Crippen LogP contribution in [0.25, 0.3) is 0 Å². The number of oxime groups is 2. The Morgan fingerprint density at radius 2 is 1.00 bits per heavy atom. The monoisotopic (exact) mass is 332 g/mol. The number of rotatable bonds is 2. The summed E-state index contributed by atoms with van der Waals surface area (Å²) < 4.78 is 0. The fraction of sp³-hybridized carbons (Fsp3) is 0. The van der Waals surface area contributed by atoms with E-state index < -0.39 is 0 Å². The van der Waals surface area contributed by atoms with E-state index in [1.165, 1.54) is 24.6 Å². The van der Waals surface area contributed by atoms with Crippen LogP contribution in [0.2, 0.25) is 0 Å². The molecule has 0 saturated heterocycles. The third-order valence-corrected chi connectivity index (χ3v) is 2.27. The normalized spacial score (nSPS) is 9.90. The van der Waals surface area contributed by atoms with Gasteiger partial charge < -0.3 is 20.6 Å². The summed E-state index contributed by atoms with van der Waals surface area (Å²) in [6, 6.07) is 13.2. The number of para-hydroxylation sites is 2. The van der Waals surface area contributed by atoms with E-state index in [1.807, 2.05) is 0 Å². The third-order valence-electron chi connectivity index (χ3n) is 2.27. The van der Waals surface area contributed by atoms with E-state index >= 15 is 0 Å². The van der Waals surface area contributed by atoms with Crippen molar-refractivity contribution in [1.29, 1.82) is 0 Å². The van der Waals surface area contributed by atoms with Crippen LogP contribution in [0.3, 0.4) is 0 Å². The van der Waals surface area contributed by atoms with Crippen molar-refractivity contribution in [3.05, 3.63) is 59.7 Å². The van der Waals surface area contributed by atoms with E-state index in [9.17, 15) is 0 Å². The molecule has 7 heteroatoms. The minimum Gasteiger partial charge on any atom is -0.507 e. The molecule has 0 fully saturated rings. The van der Waals surface area contributed by atoms with Gasteiger partial charge >= 0.3 is 0 Å². The van der Waals surface area contributed by atoms with Crippen molar-refractivity contribution in [3.63, 3.8) is 0 Å². The molecular weight excluding hydrogens is 319 g/mol. The van der Waals surface area contributed by atoms with Crippen molar-refractivity contribution < 1.29 is 37.1 Å². The minimum atomic E-state index is 0. The summed E-state index contributed by atoms with van der Waals surface area (Å²) in [4.78, 5) is 0.